The lowest BCUT2D eigenvalue weighted by Crippen LogP contribution is -2.46. The number of carbonyl (C=O) groups excluding carboxylic acids is 1. The van der Waals surface area contributed by atoms with E-state index < -0.39 is 10.2 Å². The quantitative estimate of drug-likeness (QED) is 0.539. The molecule has 0 heterocycles. The predicted molar refractivity (Wildman–Crippen MR) is 126 cm³/mol. The summed E-state index contributed by atoms with van der Waals surface area (Å²) in [4.78, 5) is 12.5. The lowest BCUT2D eigenvalue weighted by atomic mass is 10.1. The average Bonchev–Trinajstić information content (AvgIpc) is 2.69. The van der Waals surface area contributed by atoms with Gasteiger partial charge in [0.15, 0.2) is 0 Å². The molecule has 2 aromatic carbocycles. The molecule has 1 N–H and O–H groups in total. The molecule has 2 aromatic rings. The Labute approximate surface area is 188 Å². The summed E-state index contributed by atoms with van der Waals surface area (Å²) in [5.74, 6) is 1.20. The van der Waals surface area contributed by atoms with E-state index in [1.54, 1.807) is 17.8 Å². The van der Waals surface area contributed by atoms with Crippen molar-refractivity contribution in [1.29, 1.82) is 0 Å². The molecule has 0 bridgehead atoms. The molecular weight excluding hydrogens is 442 g/mol. The van der Waals surface area contributed by atoms with Gasteiger partial charge in [-0.25, -0.2) is 4.31 Å². The third-order valence-corrected chi connectivity index (χ3v) is 7.50. The van der Waals surface area contributed by atoms with Gasteiger partial charge in [0.1, 0.15) is 6.54 Å². The van der Waals surface area contributed by atoms with E-state index in [2.05, 4.69) is 5.32 Å². The van der Waals surface area contributed by atoms with E-state index in [4.69, 9.17) is 11.6 Å². The molecule has 0 aliphatic heterocycles. The highest BCUT2D eigenvalue weighted by Gasteiger charge is 2.28. The molecule has 0 unspecified atom stereocenters. The summed E-state index contributed by atoms with van der Waals surface area (Å²) in [5.41, 5.74) is 3.38. The highest BCUT2D eigenvalue weighted by molar-refractivity contribution is 7.98. The summed E-state index contributed by atoms with van der Waals surface area (Å²) in [5, 5.41) is 3.52. The Kier molecular flexibility index (Phi) is 9.03. The van der Waals surface area contributed by atoms with E-state index in [9.17, 15) is 13.2 Å². The average molecular weight is 470 g/mol. The minimum absolute atomic E-state index is 0.271. The largest absolute Gasteiger partial charge is 0.354 e. The first-order chi connectivity index (χ1) is 14.1. The SMILES string of the molecule is Cc1ccc(C)c(N(CC(=O)NCCSCc2ccc(Cl)cc2)S(=O)(=O)N(C)C)c1. The van der Waals surface area contributed by atoms with Gasteiger partial charge in [-0.1, -0.05) is 35.9 Å². The fraction of sp³-hybridized carbons (Fsp3) is 0.381. The number of rotatable bonds is 10. The first kappa shape index (κ1) is 24.5. The van der Waals surface area contributed by atoms with Crippen molar-refractivity contribution in [2.24, 2.45) is 0 Å². The summed E-state index contributed by atoms with van der Waals surface area (Å²) in [7, 11) is -0.897. The van der Waals surface area contributed by atoms with E-state index >= 15 is 0 Å². The monoisotopic (exact) mass is 469 g/mol. The first-order valence-electron chi connectivity index (χ1n) is 9.47. The lowest BCUT2D eigenvalue weighted by Gasteiger charge is -2.28. The minimum Gasteiger partial charge on any atom is -0.354 e. The Morgan fingerprint density at radius 3 is 2.40 bits per heavy atom. The van der Waals surface area contributed by atoms with Crippen molar-refractivity contribution in [3.63, 3.8) is 0 Å². The van der Waals surface area contributed by atoms with Crippen molar-refractivity contribution in [2.75, 3.05) is 37.2 Å². The fourth-order valence-electron chi connectivity index (χ4n) is 2.70. The molecule has 6 nitrogen and oxygen atoms in total. The Balaban J connectivity index is 1.96. The zero-order chi connectivity index (χ0) is 22.3. The van der Waals surface area contributed by atoms with E-state index in [0.29, 0.717) is 17.3 Å². The van der Waals surface area contributed by atoms with Crippen LogP contribution in [0.4, 0.5) is 5.69 Å². The number of hydrogen-bond acceptors (Lipinski definition) is 4. The van der Waals surface area contributed by atoms with Gasteiger partial charge in [-0.3, -0.25) is 4.79 Å². The molecule has 0 saturated heterocycles. The first-order valence-corrected chi connectivity index (χ1v) is 12.4. The minimum atomic E-state index is -3.81. The van der Waals surface area contributed by atoms with Gasteiger partial charge < -0.3 is 5.32 Å². The van der Waals surface area contributed by atoms with E-state index in [1.807, 2.05) is 50.2 Å². The van der Waals surface area contributed by atoms with Crippen LogP contribution in [-0.4, -0.2) is 51.6 Å². The molecule has 0 atom stereocenters. The maximum atomic E-state index is 12.8. The van der Waals surface area contributed by atoms with Crippen molar-refractivity contribution in [2.45, 2.75) is 19.6 Å². The van der Waals surface area contributed by atoms with Crippen molar-refractivity contribution < 1.29 is 13.2 Å². The van der Waals surface area contributed by atoms with Crippen LogP contribution in [0.5, 0.6) is 0 Å². The number of anilines is 1. The third-order valence-electron chi connectivity index (χ3n) is 4.41. The molecule has 9 heteroatoms. The van der Waals surface area contributed by atoms with Crippen LogP contribution in [0, 0.1) is 13.8 Å². The Morgan fingerprint density at radius 1 is 1.10 bits per heavy atom. The van der Waals surface area contributed by atoms with Crippen molar-refractivity contribution >= 4 is 45.2 Å². The van der Waals surface area contributed by atoms with Gasteiger partial charge in [0.25, 0.3) is 0 Å². The normalized spacial score (nSPS) is 11.5. The van der Waals surface area contributed by atoms with Gasteiger partial charge in [-0.05, 0) is 48.7 Å². The Morgan fingerprint density at radius 2 is 1.77 bits per heavy atom. The van der Waals surface area contributed by atoms with Gasteiger partial charge in [0.05, 0.1) is 5.69 Å². The summed E-state index contributed by atoms with van der Waals surface area (Å²) in [6.07, 6.45) is 0. The second-order valence-electron chi connectivity index (χ2n) is 7.12. The second-order valence-corrected chi connectivity index (χ2v) is 10.7. The predicted octanol–water partition coefficient (Wildman–Crippen LogP) is 3.62. The van der Waals surface area contributed by atoms with Crippen LogP contribution in [-0.2, 0) is 20.8 Å². The molecule has 0 fully saturated rings. The highest BCUT2D eigenvalue weighted by Crippen LogP contribution is 2.25. The molecule has 0 spiro atoms. The van der Waals surface area contributed by atoms with Crippen LogP contribution in [0.3, 0.4) is 0 Å². The van der Waals surface area contributed by atoms with E-state index in [-0.39, 0.29) is 12.5 Å². The summed E-state index contributed by atoms with van der Waals surface area (Å²) in [6, 6.07) is 13.2. The number of thioether (sulfide) groups is 1. The summed E-state index contributed by atoms with van der Waals surface area (Å²) >= 11 is 7.57. The Hall–Kier alpha value is -1.74. The molecule has 2 rings (SSSR count). The molecule has 0 saturated carbocycles. The van der Waals surface area contributed by atoms with Crippen LogP contribution < -0.4 is 9.62 Å². The molecule has 30 heavy (non-hydrogen) atoms. The number of halogens is 1. The third kappa shape index (κ3) is 6.91. The molecule has 0 aliphatic carbocycles. The molecule has 0 radical (unpaired) electrons. The van der Waals surface area contributed by atoms with Crippen LogP contribution in [0.15, 0.2) is 42.5 Å². The number of carbonyl (C=O) groups is 1. The fourth-order valence-corrected chi connectivity index (χ4v) is 4.76. The van der Waals surface area contributed by atoms with Gasteiger partial charge >= 0.3 is 10.2 Å². The van der Waals surface area contributed by atoms with E-state index in [0.717, 1.165) is 36.8 Å². The van der Waals surface area contributed by atoms with Crippen LogP contribution in [0.25, 0.3) is 0 Å². The molecule has 1 amide bonds. The van der Waals surface area contributed by atoms with Crippen molar-refractivity contribution in [3.8, 4) is 0 Å². The molecule has 0 aliphatic rings. The van der Waals surface area contributed by atoms with E-state index in [1.165, 1.54) is 14.1 Å². The summed E-state index contributed by atoms with van der Waals surface area (Å²) < 4.78 is 28.0. The number of hydrogen-bond donors (Lipinski definition) is 1. The van der Waals surface area contributed by atoms with Gasteiger partial charge in [0.2, 0.25) is 5.91 Å². The standard InChI is InChI=1S/C21H28ClN3O3S2/c1-16-5-6-17(2)20(13-16)25(30(27,28)24(3)4)14-21(26)23-11-12-29-15-18-7-9-19(22)10-8-18/h5-10,13H,11-12,14-15H2,1-4H3,(H,23,26). The maximum Gasteiger partial charge on any atom is 0.304 e. The smallest absolute Gasteiger partial charge is 0.304 e. The lowest BCUT2D eigenvalue weighted by molar-refractivity contribution is -0.119. The molecular formula is C21H28ClN3O3S2. The zero-order valence-electron chi connectivity index (χ0n) is 17.7. The van der Waals surface area contributed by atoms with Crippen LogP contribution >= 0.6 is 23.4 Å². The van der Waals surface area contributed by atoms with Crippen LogP contribution in [0.1, 0.15) is 16.7 Å². The molecule has 164 valence electrons. The number of nitrogens with one attached hydrogen (secondary N) is 1. The summed E-state index contributed by atoms with van der Waals surface area (Å²) in [6.45, 7) is 3.91. The van der Waals surface area contributed by atoms with Crippen molar-refractivity contribution in [1.82, 2.24) is 9.62 Å². The number of amides is 1. The van der Waals surface area contributed by atoms with Gasteiger partial charge in [-0.15, -0.1) is 0 Å². The van der Waals surface area contributed by atoms with Crippen LogP contribution in [0.2, 0.25) is 5.02 Å². The number of aryl methyl sites for hydroxylation is 2. The van der Waals surface area contributed by atoms with Gasteiger partial charge in [-0.2, -0.15) is 24.5 Å². The number of nitrogens with zero attached hydrogens (tertiary/aromatic N) is 2. The van der Waals surface area contributed by atoms with Gasteiger partial charge in [0, 0.05) is 37.2 Å². The van der Waals surface area contributed by atoms with Crippen molar-refractivity contribution in [3.05, 3.63) is 64.2 Å². The zero-order valence-corrected chi connectivity index (χ0v) is 20.1. The second kappa shape index (κ2) is 11.0. The number of benzene rings is 2. The highest BCUT2D eigenvalue weighted by atomic mass is 35.5. The topological polar surface area (TPSA) is 69.7 Å². The Bertz CT molecular complexity index is 964. The maximum absolute atomic E-state index is 12.8. The molecule has 0 aromatic heterocycles.